The summed E-state index contributed by atoms with van der Waals surface area (Å²) in [4.78, 5) is 13.0. The average molecular weight is 339 g/mol. The zero-order valence-corrected chi connectivity index (χ0v) is 13.9. The van der Waals surface area contributed by atoms with Crippen LogP contribution in [0.3, 0.4) is 0 Å². The molecule has 1 N–H and O–H groups in total. The number of amides is 1. The first-order valence-corrected chi connectivity index (χ1v) is 8.76. The molecule has 0 radical (unpaired) electrons. The van der Waals surface area contributed by atoms with Crippen LogP contribution in [-0.2, 0) is 6.42 Å². The number of nitrogens with one attached hydrogen (secondary N) is 1. The highest BCUT2D eigenvalue weighted by atomic mass is 32.1. The van der Waals surface area contributed by atoms with Crippen molar-refractivity contribution in [3.63, 3.8) is 0 Å². The Hall–Kier alpha value is -2.53. The molecule has 0 fully saturated rings. The minimum Gasteiger partial charge on any atom is -0.486 e. The van der Waals surface area contributed by atoms with Crippen LogP contribution in [0.4, 0.5) is 0 Å². The van der Waals surface area contributed by atoms with Gasteiger partial charge in [0.15, 0.2) is 11.5 Å². The lowest BCUT2D eigenvalue weighted by molar-refractivity contribution is 0.0958. The summed E-state index contributed by atoms with van der Waals surface area (Å²) in [6.07, 6.45) is 0.757. The number of hydrogen-bond acceptors (Lipinski definition) is 4. The van der Waals surface area contributed by atoms with E-state index < -0.39 is 0 Å². The fraction of sp³-hybridized carbons (Fsp3) is 0.211. The Morgan fingerprint density at radius 2 is 1.88 bits per heavy atom. The van der Waals surface area contributed by atoms with Crippen LogP contribution in [0.25, 0.3) is 10.1 Å². The molecule has 0 saturated carbocycles. The molecular formula is C19H17NO3S. The number of ether oxygens (including phenoxy) is 2. The Balaban J connectivity index is 1.37. The average Bonchev–Trinajstić information content (AvgIpc) is 3.06. The molecule has 4 nitrogen and oxygen atoms in total. The Morgan fingerprint density at radius 3 is 2.75 bits per heavy atom. The van der Waals surface area contributed by atoms with E-state index in [1.54, 1.807) is 0 Å². The van der Waals surface area contributed by atoms with Crippen LogP contribution < -0.4 is 14.8 Å². The standard InChI is InChI=1S/C19H17NO3S/c21-19(18-12-14-3-1-2-4-17(14)24-18)20-8-7-13-5-6-15-16(11-13)23-10-9-22-15/h1-6,11-12H,7-10H2,(H,20,21). The fourth-order valence-corrected chi connectivity index (χ4v) is 3.72. The maximum absolute atomic E-state index is 12.3. The molecule has 2 aromatic carbocycles. The molecule has 0 aliphatic carbocycles. The Labute approximate surface area is 144 Å². The Bertz CT molecular complexity index is 854. The van der Waals surface area contributed by atoms with Crippen LogP contribution >= 0.6 is 11.3 Å². The van der Waals surface area contributed by atoms with Crippen molar-refractivity contribution >= 4 is 27.3 Å². The van der Waals surface area contributed by atoms with E-state index >= 15 is 0 Å². The molecule has 3 aromatic rings. The smallest absolute Gasteiger partial charge is 0.261 e. The van der Waals surface area contributed by atoms with Gasteiger partial charge >= 0.3 is 0 Å². The van der Waals surface area contributed by atoms with Crippen molar-refractivity contribution in [2.75, 3.05) is 19.8 Å². The maximum Gasteiger partial charge on any atom is 0.261 e. The molecule has 0 atom stereocenters. The van der Waals surface area contributed by atoms with E-state index in [4.69, 9.17) is 9.47 Å². The van der Waals surface area contributed by atoms with Crippen molar-refractivity contribution < 1.29 is 14.3 Å². The normalized spacial score (nSPS) is 13.0. The van der Waals surface area contributed by atoms with Gasteiger partial charge in [-0.3, -0.25) is 4.79 Å². The topological polar surface area (TPSA) is 47.6 Å². The van der Waals surface area contributed by atoms with E-state index in [0.717, 1.165) is 38.4 Å². The van der Waals surface area contributed by atoms with E-state index in [-0.39, 0.29) is 5.91 Å². The summed E-state index contributed by atoms with van der Waals surface area (Å²) < 4.78 is 12.2. The predicted molar refractivity (Wildman–Crippen MR) is 95.3 cm³/mol. The summed E-state index contributed by atoms with van der Waals surface area (Å²) in [6, 6.07) is 15.9. The minimum absolute atomic E-state index is 0.0197. The SMILES string of the molecule is O=C(NCCc1ccc2c(c1)OCCO2)c1cc2ccccc2s1. The van der Waals surface area contributed by atoms with Crippen LogP contribution in [0.5, 0.6) is 11.5 Å². The molecule has 0 spiro atoms. The molecule has 0 saturated heterocycles. The van der Waals surface area contributed by atoms with Crippen LogP contribution in [0.2, 0.25) is 0 Å². The molecule has 0 unspecified atom stereocenters. The fourth-order valence-electron chi connectivity index (χ4n) is 2.74. The van der Waals surface area contributed by atoms with E-state index in [9.17, 15) is 4.79 Å². The lowest BCUT2D eigenvalue weighted by Crippen LogP contribution is -2.24. The van der Waals surface area contributed by atoms with Gasteiger partial charge in [-0.2, -0.15) is 0 Å². The number of thiophene rings is 1. The second kappa shape index (κ2) is 6.53. The highest BCUT2D eigenvalue weighted by Gasteiger charge is 2.12. The third-order valence-electron chi connectivity index (χ3n) is 3.96. The van der Waals surface area contributed by atoms with E-state index in [2.05, 4.69) is 5.32 Å². The van der Waals surface area contributed by atoms with Gasteiger partial charge < -0.3 is 14.8 Å². The molecule has 1 aliphatic heterocycles. The van der Waals surface area contributed by atoms with Gasteiger partial charge in [-0.25, -0.2) is 0 Å². The largest absolute Gasteiger partial charge is 0.486 e. The highest BCUT2D eigenvalue weighted by Crippen LogP contribution is 2.30. The summed E-state index contributed by atoms with van der Waals surface area (Å²) >= 11 is 1.52. The van der Waals surface area contributed by atoms with Gasteiger partial charge in [0, 0.05) is 11.2 Å². The number of benzene rings is 2. The molecule has 1 aliphatic rings. The van der Waals surface area contributed by atoms with Crippen molar-refractivity contribution in [3.05, 3.63) is 59.0 Å². The number of rotatable bonds is 4. The number of carbonyl (C=O) groups is 1. The highest BCUT2D eigenvalue weighted by molar-refractivity contribution is 7.20. The van der Waals surface area contributed by atoms with Gasteiger partial charge in [0.2, 0.25) is 0 Å². The van der Waals surface area contributed by atoms with E-state index in [1.807, 2.05) is 48.5 Å². The molecule has 122 valence electrons. The first-order chi connectivity index (χ1) is 11.8. The third kappa shape index (κ3) is 3.08. The quantitative estimate of drug-likeness (QED) is 0.789. The van der Waals surface area contributed by atoms with Crippen molar-refractivity contribution in [2.45, 2.75) is 6.42 Å². The lowest BCUT2D eigenvalue weighted by atomic mass is 10.1. The minimum atomic E-state index is -0.0197. The number of carbonyl (C=O) groups excluding carboxylic acids is 1. The zero-order chi connectivity index (χ0) is 16.4. The zero-order valence-electron chi connectivity index (χ0n) is 13.1. The van der Waals surface area contributed by atoms with Crippen LogP contribution in [-0.4, -0.2) is 25.7 Å². The Kier molecular flexibility index (Phi) is 4.09. The molecule has 24 heavy (non-hydrogen) atoms. The Morgan fingerprint density at radius 1 is 1.04 bits per heavy atom. The molecule has 2 heterocycles. The van der Waals surface area contributed by atoms with Crippen LogP contribution in [0.15, 0.2) is 48.5 Å². The van der Waals surface area contributed by atoms with E-state index in [1.165, 1.54) is 11.3 Å². The summed E-state index contributed by atoms with van der Waals surface area (Å²) in [5.74, 6) is 1.56. The molecule has 4 rings (SSSR count). The van der Waals surface area contributed by atoms with E-state index in [0.29, 0.717) is 19.8 Å². The molecule has 1 amide bonds. The van der Waals surface area contributed by atoms with Crippen molar-refractivity contribution in [2.24, 2.45) is 0 Å². The van der Waals surface area contributed by atoms with Crippen molar-refractivity contribution in [3.8, 4) is 11.5 Å². The van der Waals surface area contributed by atoms with Gasteiger partial charge in [-0.15, -0.1) is 11.3 Å². The third-order valence-corrected chi connectivity index (χ3v) is 5.07. The van der Waals surface area contributed by atoms with Crippen LogP contribution in [0.1, 0.15) is 15.2 Å². The second-order valence-corrected chi connectivity index (χ2v) is 6.72. The second-order valence-electron chi connectivity index (χ2n) is 5.63. The first kappa shape index (κ1) is 15.0. The van der Waals surface area contributed by atoms with Gasteiger partial charge in [0.25, 0.3) is 5.91 Å². The number of hydrogen-bond donors (Lipinski definition) is 1. The van der Waals surface area contributed by atoms with Crippen LogP contribution in [0, 0.1) is 0 Å². The predicted octanol–water partition coefficient (Wildman–Crippen LogP) is 3.65. The molecule has 1 aromatic heterocycles. The van der Waals surface area contributed by atoms with Gasteiger partial charge in [0.05, 0.1) is 4.88 Å². The van der Waals surface area contributed by atoms with Gasteiger partial charge in [-0.05, 0) is 41.6 Å². The van der Waals surface area contributed by atoms with Crippen molar-refractivity contribution in [1.29, 1.82) is 0 Å². The molecule has 5 heteroatoms. The monoisotopic (exact) mass is 339 g/mol. The van der Waals surface area contributed by atoms with Gasteiger partial charge in [-0.1, -0.05) is 24.3 Å². The molecule has 0 bridgehead atoms. The lowest BCUT2D eigenvalue weighted by Gasteiger charge is -2.18. The summed E-state index contributed by atoms with van der Waals surface area (Å²) in [6.45, 7) is 1.77. The summed E-state index contributed by atoms with van der Waals surface area (Å²) in [5, 5.41) is 4.10. The first-order valence-electron chi connectivity index (χ1n) is 7.95. The maximum atomic E-state index is 12.3. The van der Waals surface area contributed by atoms with Gasteiger partial charge in [0.1, 0.15) is 13.2 Å². The number of fused-ring (bicyclic) bond motifs is 2. The van der Waals surface area contributed by atoms with Crippen molar-refractivity contribution in [1.82, 2.24) is 5.32 Å². The summed E-state index contributed by atoms with van der Waals surface area (Å²) in [5.41, 5.74) is 1.12. The summed E-state index contributed by atoms with van der Waals surface area (Å²) in [7, 11) is 0. The molecular weight excluding hydrogens is 322 g/mol.